The molecule has 0 aromatic heterocycles. The Bertz CT molecular complexity index is 900. The van der Waals surface area contributed by atoms with Crippen molar-refractivity contribution in [3.63, 3.8) is 0 Å². The number of amides is 2. The third kappa shape index (κ3) is 6.59. The lowest BCUT2D eigenvalue weighted by Gasteiger charge is -2.24. The fourth-order valence-corrected chi connectivity index (χ4v) is 4.30. The Kier molecular flexibility index (Phi) is 8.72. The lowest BCUT2D eigenvalue weighted by Crippen LogP contribution is -2.36. The number of anilines is 2. The van der Waals surface area contributed by atoms with Crippen LogP contribution >= 0.6 is 0 Å². The van der Waals surface area contributed by atoms with Gasteiger partial charge in [-0.3, -0.25) is 9.59 Å². The molecule has 2 aromatic rings. The first-order chi connectivity index (χ1) is 15.5. The minimum Gasteiger partial charge on any atom is -0.377 e. The molecule has 1 saturated carbocycles. The summed E-state index contributed by atoms with van der Waals surface area (Å²) in [6.07, 6.45) is 10.3. The van der Waals surface area contributed by atoms with Crippen LogP contribution in [0, 0.1) is 0 Å². The van der Waals surface area contributed by atoms with Crippen LogP contribution in [-0.2, 0) is 6.42 Å². The first-order valence-corrected chi connectivity index (χ1v) is 12.0. The van der Waals surface area contributed by atoms with Crippen LogP contribution in [0.25, 0.3) is 0 Å². The van der Waals surface area contributed by atoms with E-state index in [1.165, 1.54) is 44.1 Å². The van der Waals surface area contributed by atoms with Gasteiger partial charge in [0.15, 0.2) is 0 Å². The van der Waals surface area contributed by atoms with Gasteiger partial charge in [-0.15, -0.1) is 0 Å². The molecule has 0 heterocycles. The average molecular weight is 436 g/mol. The monoisotopic (exact) mass is 435 g/mol. The van der Waals surface area contributed by atoms with Gasteiger partial charge in [-0.1, -0.05) is 51.2 Å². The maximum atomic E-state index is 13.0. The molecular formula is C27H37N3O2. The number of unbranched alkanes of at least 4 members (excludes halogenated alkanes) is 2. The van der Waals surface area contributed by atoms with E-state index in [1.807, 2.05) is 55.4 Å². The molecule has 2 aromatic carbocycles. The normalized spacial score (nSPS) is 14.1. The summed E-state index contributed by atoms with van der Waals surface area (Å²) in [4.78, 5) is 27.8. The van der Waals surface area contributed by atoms with Crippen LogP contribution in [0.4, 0.5) is 11.4 Å². The van der Waals surface area contributed by atoms with Crippen molar-refractivity contribution in [1.82, 2.24) is 5.32 Å². The summed E-state index contributed by atoms with van der Waals surface area (Å²) in [5, 5.41) is 6.15. The van der Waals surface area contributed by atoms with E-state index < -0.39 is 0 Å². The second-order valence-corrected chi connectivity index (χ2v) is 9.04. The number of nitrogens with zero attached hydrogens (tertiary/aromatic N) is 1. The number of benzene rings is 2. The number of aryl methyl sites for hydroxylation is 1. The minimum absolute atomic E-state index is 0.0758. The van der Waals surface area contributed by atoms with Crippen molar-refractivity contribution < 1.29 is 9.59 Å². The highest BCUT2D eigenvalue weighted by Gasteiger charge is 2.20. The van der Waals surface area contributed by atoms with Crippen LogP contribution in [0.3, 0.4) is 0 Å². The molecule has 32 heavy (non-hydrogen) atoms. The predicted molar refractivity (Wildman–Crippen MR) is 133 cm³/mol. The molecule has 3 rings (SSSR count). The maximum Gasteiger partial charge on any atom is 0.255 e. The third-order valence-corrected chi connectivity index (χ3v) is 6.21. The van der Waals surface area contributed by atoms with Crippen molar-refractivity contribution in [1.29, 1.82) is 0 Å². The van der Waals surface area contributed by atoms with E-state index in [0.717, 1.165) is 24.9 Å². The lowest BCUT2D eigenvalue weighted by atomic mass is 9.95. The molecule has 1 fully saturated rings. The molecule has 0 spiro atoms. The van der Waals surface area contributed by atoms with Gasteiger partial charge in [-0.2, -0.15) is 0 Å². The number of carbonyl (C=O) groups excluding carboxylic acids is 2. The van der Waals surface area contributed by atoms with Crippen molar-refractivity contribution in [3.8, 4) is 0 Å². The molecule has 172 valence electrons. The van der Waals surface area contributed by atoms with E-state index in [1.54, 1.807) is 6.07 Å². The fraction of sp³-hybridized carbons (Fsp3) is 0.481. The number of carbonyl (C=O) groups is 2. The Balaban J connectivity index is 1.70. The Morgan fingerprint density at radius 3 is 2.31 bits per heavy atom. The third-order valence-electron chi connectivity index (χ3n) is 6.21. The zero-order valence-corrected chi connectivity index (χ0v) is 19.7. The summed E-state index contributed by atoms with van der Waals surface area (Å²) in [5.41, 5.74) is 3.93. The molecule has 0 aliphatic heterocycles. The van der Waals surface area contributed by atoms with E-state index in [2.05, 4.69) is 17.6 Å². The van der Waals surface area contributed by atoms with Crippen LogP contribution in [0.5, 0.6) is 0 Å². The summed E-state index contributed by atoms with van der Waals surface area (Å²) in [6.45, 7) is 2.20. The van der Waals surface area contributed by atoms with Gasteiger partial charge in [0.05, 0.1) is 5.56 Å². The number of hydrogen-bond donors (Lipinski definition) is 2. The molecule has 2 amide bonds. The molecule has 2 N–H and O–H groups in total. The van der Waals surface area contributed by atoms with Crippen molar-refractivity contribution >= 4 is 23.2 Å². The zero-order valence-electron chi connectivity index (χ0n) is 19.7. The Labute approximate surface area is 192 Å². The van der Waals surface area contributed by atoms with Crippen molar-refractivity contribution in [3.05, 3.63) is 59.2 Å². The van der Waals surface area contributed by atoms with Crippen LogP contribution in [-0.4, -0.2) is 32.0 Å². The zero-order chi connectivity index (χ0) is 22.9. The number of nitrogens with one attached hydrogen (secondary N) is 2. The Morgan fingerprint density at radius 1 is 0.938 bits per heavy atom. The fourth-order valence-electron chi connectivity index (χ4n) is 4.30. The summed E-state index contributed by atoms with van der Waals surface area (Å²) in [7, 11) is 3.85. The standard InChI is InChI=1S/C27H37N3O2/c1-4-5-7-10-20-13-15-21(16-14-20)26(31)29-23-17-18-25(30(2)3)24(19-23)27(32)28-22-11-8-6-9-12-22/h13-19,22H,4-12H2,1-3H3,(H,28,32)(H,29,31). The highest BCUT2D eigenvalue weighted by atomic mass is 16.2. The summed E-state index contributed by atoms with van der Waals surface area (Å²) < 4.78 is 0. The molecule has 1 aliphatic carbocycles. The quantitative estimate of drug-likeness (QED) is 0.489. The summed E-state index contributed by atoms with van der Waals surface area (Å²) in [5.74, 6) is -0.241. The number of rotatable bonds is 9. The molecule has 1 aliphatic rings. The first kappa shape index (κ1) is 23.8. The topological polar surface area (TPSA) is 61.4 Å². The van der Waals surface area contributed by atoms with E-state index in [9.17, 15) is 9.59 Å². The van der Waals surface area contributed by atoms with E-state index >= 15 is 0 Å². The molecule has 0 atom stereocenters. The summed E-state index contributed by atoms with van der Waals surface area (Å²) in [6, 6.07) is 13.6. The van der Waals surface area contributed by atoms with Gasteiger partial charge in [0, 0.05) is 37.1 Å². The predicted octanol–water partition coefficient (Wildman–Crippen LogP) is 5.80. The summed E-state index contributed by atoms with van der Waals surface area (Å²) >= 11 is 0. The maximum absolute atomic E-state index is 13.0. The molecule has 0 radical (unpaired) electrons. The van der Waals surface area contributed by atoms with Gasteiger partial charge in [-0.05, 0) is 61.6 Å². The molecule has 5 heteroatoms. The second-order valence-electron chi connectivity index (χ2n) is 9.04. The highest BCUT2D eigenvalue weighted by molar-refractivity contribution is 6.06. The van der Waals surface area contributed by atoms with Crippen LogP contribution in [0.1, 0.15) is 84.6 Å². The lowest BCUT2D eigenvalue weighted by molar-refractivity contribution is 0.0927. The second kappa shape index (κ2) is 11.7. The van der Waals surface area contributed by atoms with Gasteiger partial charge in [0.2, 0.25) is 0 Å². The van der Waals surface area contributed by atoms with Crippen LogP contribution in [0.2, 0.25) is 0 Å². The number of hydrogen-bond acceptors (Lipinski definition) is 3. The molecule has 0 unspecified atom stereocenters. The molecular weight excluding hydrogens is 398 g/mol. The van der Waals surface area contributed by atoms with Gasteiger partial charge >= 0.3 is 0 Å². The largest absolute Gasteiger partial charge is 0.377 e. The van der Waals surface area contributed by atoms with E-state index in [4.69, 9.17) is 0 Å². The van der Waals surface area contributed by atoms with Crippen LogP contribution < -0.4 is 15.5 Å². The SMILES string of the molecule is CCCCCc1ccc(C(=O)Nc2ccc(N(C)C)c(C(=O)NC3CCCCC3)c2)cc1. The van der Waals surface area contributed by atoms with Crippen molar-refractivity contribution in [2.75, 3.05) is 24.3 Å². The van der Waals surface area contributed by atoms with Crippen LogP contribution in [0.15, 0.2) is 42.5 Å². The van der Waals surface area contributed by atoms with Gasteiger partial charge < -0.3 is 15.5 Å². The average Bonchev–Trinajstić information content (AvgIpc) is 2.80. The van der Waals surface area contributed by atoms with Crippen molar-refractivity contribution in [2.45, 2.75) is 70.8 Å². The van der Waals surface area contributed by atoms with Gasteiger partial charge in [-0.25, -0.2) is 0 Å². The molecule has 5 nitrogen and oxygen atoms in total. The van der Waals surface area contributed by atoms with Crippen molar-refractivity contribution in [2.24, 2.45) is 0 Å². The molecule has 0 bridgehead atoms. The highest BCUT2D eigenvalue weighted by Crippen LogP contribution is 2.25. The Morgan fingerprint density at radius 2 is 1.66 bits per heavy atom. The van der Waals surface area contributed by atoms with Gasteiger partial charge in [0.25, 0.3) is 11.8 Å². The van der Waals surface area contributed by atoms with Gasteiger partial charge in [0.1, 0.15) is 0 Å². The molecule has 0 saturated heterocycles. The minimum atomic E-state index is -0.165. The van der Waals surface area contributed by atoms with E-state index in [-0.39, 0.29) is 17.9 Å². The first-order valence-electron chi connectivity index (χ1n) is 12.0. The van der Waals surface area contributed by atoms with E-state index in [0.29, 0.717) is 16.8 Å². The smallest absolute Gasteiger partial charge is 0.255 e. The Hall–Kier alpha value is -2.82.